The Hall–Kier alpha value is -1.25. The third-order valence-corrected chi connectivity index (χ3v) is 6.29. The first-order chi connectivity index (χ1) is 12.3. The van der Waals surface area contributed by atoms with Crippen molar-refractivity contribution in [3.63, 3.8) is 0 Å². The summed E-state index contributed by atoms with van der Waals surface area (Å²) >= 11 is 9.11. The number of aromatic nitrogens is 2. The largest absolute Gasteiger partial charge is 0.308 e. The van der Waals surface area contributed by atoms with Crippen LogP contribution in [-0.2, 0) is 0 Å². The summed E-state index contributed by atoms with van der Waals surface area (Å²) in [4.78, 5) is 26.9. The van der Waals surface area contributed by atoms with Crippen LogP contribution in [0.4, 0.5) is 5.13 Å². The van der Waals surface area contributed by atoms with Crippen molar-refractivity contribution in [2.45, 2.75) is 20.8 Å². The molecule has 0 saturated carbocycles. The van der Waals surface area contributed by atoms with Gasteiger partial charge in [0.2, 0.25) is 0 Å². The maximum Gasteiger partial charge on any atom is 0.272 e. The highest BCUT2D eigenvalue weighted by Crippen LogP contribution is 2.34. The highest BCUT2D eigenvalue weighted by atomic mass is 35.5. The van der Waals surface area contributed by atoms with Crippen LogP contribution in [0.5, 0.6) is 0 Å². The van der Waals surface area contributed by atoms with Gasteiger partial charge in [-0.1, -0.05) is 22.9 Å². The zero-order valence-electron chi connectivity index (χ0n) is 15.9. The van der Waals surface area contributed by atoms with Crippen molar-refractivity contribution in [2.24, 2.45) is 0 Å². The molecule has 0 spiro atoms. The minimum atomic E-state index is -0.0437. The van der Waals surface area contributed by atoms with E-state index in [9.17, 15) is 4.79 Å². The molecule has 146 valence electrons. The van der Waals surface area contributed by atoms with E-state index in [-0.39, 0.29) is 18.3 Å². The van der Waals surface area contributed by atoms with Crippen molar-refractivity contribution < 1.29 is 4.79 Å². The first-order valence-electron chi connectivity index (χ1n) is 8.23. The van der Waals surface area contributed by atoms with E-state index in [1.165, 1.54) is 22.7 Å². The van der Waals surface area contributed by atoms with E-state index in [1.54, 1.807) is 4.90 Å². The lowest BCUT2D eigenvalue weighted by atomic mass is 10.2. The van der Waals surface area contributed by atoms with Crippen molar-refractivity contribution in [2.75, 3.05) is 32.1 Å². The second-order valence-corrected chi connectivity index (χ2v) is 9.12. The Morgan fingerprint density at radius 2 is 1.81 bits per heavy atom. The lowest BCUT2D eigenvalue weighted by Gasteiger charge is -2.21. The van der Waals surface area contributed by atoms with Crippen LogP contribution in [0.15, 0.2) is 12.1 Å². The number of nitrogens with zero attached hydrogens (tertiary/aromatic N) is 4. The maximum atomic E-state index is 13.2. The second kappa shape index (κ2) is 8.84. The van der Waals surface area contributed by atoms with Crippen LogP contribution in [0.3, 0.4) is 0 Å². The third kappa shape index (κ3) is 4.78. The molecule has 0 fully saturated rings. The Morgan fingerprint density at radius 3 is 2.41 bits per heavy atom. The molecule has 0 unspecified atom stereocenters. The molecule has 0 N–H and O–H groups in total. The second-order valence-electron chi connectivity index (χ2n) is 6.47. The fraction of sp³-hybridized carbons (Fsp3) is 0.389. The summed E-state index contributed by atoms with van der Waals surface area (Å²) in [7, 11) is 3.99. The lowest BCUT2D eigenvalue weighted by Crippen LogP contribution is -2.36. The number of carbonyl (C=O) groups is 1. The molecular formula is C18H22Cl2N4OS2. The molecule has 1 aromatic carbocycles. The first kappa shape index (κ1) is 22.0. The summed E-state index contributed by atoms with van der Waals surface area (Å²) in [6.45, 7) is 7.10. The summed E-state index contributed by atoms with van der Waals surface area (Å²) in [5, 5.41) is 2.28. The number of halogens is 2. The number of aryl methyl sites for hydroxylation is 3. The molecule has 0 aliphatic heterocycles. The molecule has 2 aromatic heterocycles. The van der Waals surface area contributed by atoms with Gasteiger partial charge in [0, 0.05) is 18.1 Å². The van der Waals surface area contributed by atoms with E-state index in [1.807, 2.05) is 47.0 Å². The Bertz CT molecular complexity index is 968. The number of carbonyl (C=O) groups excluding carboxylic acids is 1. The molecule has 9 heteroatoms. The topological polar surface area (TPSA) is 49.3 Å². The van der Waals surface area contributed by atoms with E-state index in [0.717, 1.165) is 33.0 Å². The highest BCUT2D eigenvalue weighted by molar-refractivity contribution is 7.22. The van der Waals surface area contributed by atoms with Gasteiger partial charge in [-0.2, -0.15) is 0 Å². The van der Waals surface area contributed by atoms with Gasteiger partial charge in [0.05, 0.1) is 20.9 Å². The van der Waals surface area contributed by atoms with Crippen LogP contribution >= 0.6 is 46.7 Å². The van der Waals surface area contributed by atoms with Crippen LogP contribution in [0.1, 0.15) is 25.9 Å². The Kier molecular flexibility index (Phi) is 7.21. The van der Waals surface area contributed by atoms with E-state index in [0.29, 0.717) is 21.6 Å². The number of anilines is 1. The van der Waals surface area contributed by atoms with E-state index in [2.05, 4.69) is 9.88 Å². The number of likely N-dealkylation sites (N-methyl/N-ethyl adjacent to an activating group) is 1. The number of fused-ring (bicyclic) bond motifs is 1. The Labute approximate surface area is 178 Å². The molecule has 3 rings (SSSR count). The van der Waals surface area contributed by atoms with Crippen LogP contribution in [0.2, 0.25) is 5.02 Å². The van der Waals surface area contributed by atoms with E-state index >= 15 is 0 Å². The van der Waals surface area contributed by atoms with Gasteiger partial charge in [-0.15, -0.1) is 23.7 Å². The highest BCUT2D eigenvalue weighted by Gasteiger charge is 2.25. The van der Waals surface area contributed by atoms with E-state index < -0.39 is 0 Å². The summed E-state index contributed by atoms with van der Waals surface area (Å²) in [5.41, 5.74) is 2.68. The van der Waals surface area contributed by atoms with E-state index in [4.69, 9.17) is 16.6 Å². The quantitative estimate of drug-likeness (QED) is 0.557. The summed E-state index contributed by atoms with van der Waals surface area (Å²) in [5.74, 6) is -0.0437. The SMILES string of the molecule is Cc1nc(C)c(C(=O)N(CCN(C)C)c2nc3c(C)cc(Cl)cc3s2)s1.Cl. The molecule has 0 saturated heterocycles. The van der Waals surface area contributed by atoms with Crippen molar-refractivity contribution in [3.8, 4) is 0 Å². The molecule has 2 heterocycles. The van der Waals surface area contributed by atoms with Gasteiger partial charge < -0.3 is 4.90 Å². The van der Waals surface area contributed by atoms with Gasteiger partial charge in [-0.05, 0) is 52.6 Å². The molecule has 0 bridgehead atoms. The van der Waals surface area contributed by atoms with Crippen molar-refractivity contribution in [1.29, 1.82) is 0 Å². The fourth-order valence-electron chi connectivity index (χ4n) is 2.69. The standard InChI is InChI=1S/C18H21ClN4OS2.ClH/c1-10-8-13(19)9-14-15(10)21-18(26-14)23(7-6-22(4)5)17(24)16-11(2)20-12(3)25-16;/h8-9H,6-7H2,1-5H3;1H. The van der Waals surface area contributed by atoms with Crippen molar-refractivity contribution in [1.82, 2.24) is 14.9 Å². The minimum Gasteiger partial charge on any atom is -0.308 e. The van der Waals surface area contributed by atoms with Crippen LogP contribution in [0, 0.1) is 20.8 Å². The summed E-state index contributed by atoms with van der Waals surface area (Å²) in [6.07, 6.45) is 0. The number of hydrogen-bond acceptors (Lipinski definition) is 6. The Balaban J connectivity index is 0.00000261. The van der Waals surface area contributed by atoms with Crippen molar-refractivity contribution >= 4 is 67.9 Å². The number of rotatable bonds is 5. The van der Waals surface area contributed by atoms with Gasteiger partial charge in [0.25, 0.3) is 5.91 Å². The first-order valence-corrected chi connectivity index (χ1v) is 10.2. The molecule has 0 atom stereocenters. The predicted molar refractivity (Wildman–Crippen MR) is 118 cm³/mol. The average Bonchev–Trinajstić information content (AvgIpc) is 3.10. The number of amides is 1. The van der Waals surface area contributed by atoms with Gasteiger partial charge in [0.1, 0.15) is 4.88 Å². The average molecular weight is 445 g/mol. The van der Waals surface area contributed by atoms with Crippen molar-refractivity contribution in [3.05, 3.63) is 38.3 Å². The van der Waals surface area contributed by atoms with Gasteiger partial charge >= 0.3 is 0 Å². The zero-order chi connectivity index (χ0) is 19.0. The van der Waals surface area contributed by atoms with Crippen LogP contribution < -0.4 is 4.90 Å². The lowest BCUT2D eigenvalue weighted by molar-refractivity contribution is 0.0988. The molecule has 5 nitrogen and oxygen atoms in total. The predicted octanol–water partition coefficient (Wildman–Crippen LogP) is 4.96. The monoisotopic (exact) mass is 444 g/mol. The molecule has 1 amide bonds. The fourth-order valence-corrected chi connectivity index (χ4v) is 5.01. The Morgan fingerprint density at radius 1 is 1.11 bits per heavy atom. The molecule has 0 aliphatic carbocycles. The zero-order valence-corrected chi connectivity index (χ0v) is 19.1. The number of thiazole rings is 2. The molecule has 27 heavy (non-hydrogen) atoms. The number of benzene rings is 1. The number of hydrogen-bond donors (Lipinski definition) is 0. The van der Waals surface area contributed by atoms with Crippen LogP contribution in [0.25, 0.3) is 10.2 Å². The third-order valence-electron chi connectivity index (χ3n) is 3.98. The summed E-state index contributed by atoms with van der Waals surface area (Å²) in [6, 6.07) is 3.80. The van der Waals surface area contributed by atoms with Crippen LogP contribution in [-0.4, -0.2) is 48.0 Å². The molecule has 3 aromatic rings. The minimum absolute atomic E-state index is 0. The van der Waals surface area contributed by atoms with Gasteiger partial charge in [-0.3, -0.25) is 9.69 Å². The maximum absolute atomic E-state index is 13.2. The summed E-state index contributed by atoms with van der Waals surface area (Å²) < 4.78 is 0.991. The molecule has 0 aliphatic rings. The smallest absolute Gasteiger partial charge is 0.272 e. The van der Waals surface area contributed by atoms with Gasteiger partial charge in [-0.25, -0.2) is 9.97 Å². The normalized spacial score (nSPS) is 11.1. The molecule has 0 radical (unpaired) electrons. The molecular weight excluding hydrogens is 423 g/mol. The van der Waals surface area contributed by atoms with Gasteiger partial charge in [0.15, 0.2) is 5.13 Å².